The van der Waals surface area contributed by atoms with Crippen LogP contribution in [0.25, 0.3) is 0 Å². The van der Waals surface area contributed by atoms with Gasteiger partial charge in [-0.2, -0.15) is 0 Å². The fourth-order valence-corrected chi connectivity index (χ4v) is 1.83. The minimum Gasteiger partial charge on any atom is -0.487 e. The van der Waals surface area contributed by atoms with Crippen molar-refractivity contribution in [2.24, 2.45) is 5.73 Å². The number of rotatable bonds is 5. The average molecular weight is 304 g/mol. The van der Waals surface area contributed by atoms with Gasteiger partial charge in [0.25, 0.3) is 0 Å². The number of hydrogen-bond donors (Lipinski definition) is 1. The monoisotopic (exact) mass is 303 g/mol. The SMILES string of the molecule is COCC(C)Oc1ccc(C(N)=S)cc1Br. The molecule has 16 heavy (non-hydrogen) atoms. The largest absolute Gasteiger partial charge is 0.487 e. The van der Waals surface area contributed by atoms with E-state index in [1.54, 1.807) is 7.11 Å². The Morgan fingerprint density at radius 1 is 1.56 bits per heavy atom. The Morgan fingerprint density at radius 2 is 2.25 bits per heavy atom. The molecule has 0 saturated carbocycles. The van der Waals surface area contributed by atoms with E-state index in [4.69, 9.17) is 27.4 Å². The fraction of sp³-hybridized carbons (Fsp3) is 0.364. The highest BCUT2D eigenvalue weighted by molar-refractivity contribution is 9.10. The molecule has 88 valence electrons. The molecule has 0 fully saturated rings. The van der Waals surface area contributed by atoms with Crippen molar-refractivity contribution in [1.29, 1.82) is 0 Å². The molecule has 2 N–H and O–H groups in total. The molecule has 0 bridgehead atoms. The Morgan fingerprint density at radius 3 is 2.75 bits per heavy atom. The van der Waals surface area contributed by atoms with Crippen molar-refractivity contribution in [3.05, 3.63) is 28.2 Å². The first-order valence-corrected chi connectivity index (χ1v) is 5.99. The number of ether oxygens (including phenoxy) is 2. The highest BCUT2D eigenvalue weighted by Gasteiger charge is 2.08. The summed E-state index contributed by atoms with van der Waals surface area (Å²) in [5.41, 5.74) is 6.34. The van der Waals surface area contributed by atoms with Crippen LogP contribution in [0.3, 0.4) is 0 Å². The summed E-state index contributed by atoms with van der Waals surface area (Å²) in [6.07, 6.45) is -0.00280. The molecule has 3 nitrogen and oxygen atoms in total. The molecule has 0 aromatic heterocycles. The van der Waals surface area contributed by atoms with Crippen LogP contribution in [-0.4, -0.2) is 24.8 Å². The average Bonchev–Trinajstić information content (AvgIpc) is 2.21. The number of hydrogen-bond acceptors (Lipinski definition) is 3. The van der Waals surface area contributed by atoms with Gasteiger partial charge in [0.1, 0.15) is 16.8 Å². The van der Waals surface area contributed by atoms with Crippen molar-refractivity contribution in [2.45, 2.75) is 13.0 Å². The number of methoxy groups -OCH3 is 1. The highest BCUT2D eigenvalue weighted by Crippen LogP contribution is 2.26. The van der Waals surface area contributed by atoms with Gasteiger partial charge in [0.2, 0.25) is 0 Å². The minimum absolute atomic E-state index is 0.00280. The topological polar surface area (TPSA) is 44.5 Å². The molecule has 0 aliphatic carbocycles. The lowest BCUT2D eigenvalue weighted by atomic mass is 10.2. The number of benzene rings is 1. The number of thiocarbonyl (C=S) groups is 1. The van der Waals surface area contributed by atoms with Crippen molar-refractivity contribution in [3.8, 4) is 5.75 Å². The number of halogens is 1. The zero-order valence-corrected chi connectivity index (χ0v) is 11.6. The summed E-state index contributed by atoms with van der Waals surface area (Å²) < 4.78 is 11.5. The smallest absolute Gasteiger partial charge is 0.134 e. The van der Waals surface area contributed by atoms with Gasteiger partial charge in [-0.05, 0) is 41.1 Å². The second kappa shape index (κ2) is 6.18. The Bertz CT molecular complexity index is 384. The van der Waals surface area contributed by atoms with Gasteiger partial charge in [-0.15, -0.1) is 0 Å². The van der Waals surface area contributed by atoms with E-state index >= 15 is 0 Å². The first-order chi connectivity index (χ1) is 7.54. The zero-order valence-electron chi connectivity index (χ0n) is 9.20. The summed E-state index contributed by atoms with van der Waals surface area (Å²) in [7, 11) is 1.64. The summed E-state index contributed by atoms with van der Waals surface area (Å²) >= 11 is 8.30. The third kappa shape index (κ3) is 3.73. The van der Waals surface area contributed by atoms with Crippen LogP contribution in [0.1, 0.15) is 12.5 Å². The summed E-state index contributed by atoms with van der Waals surface area (Å²) in [6.45, 7) is 2.49. The molecule has 1 aromatic carbocycles. The van der Waals surface area contributed by atoms with E-state index in [2.05, 4.69) is 15.9 Å². The lowest BCUT2D eigenvalue weighted by molar-refractivity contribution is 0.0916. The number of nitrogens with two attached hydrogens (primary N) is 1. The third-order valence-electron chi connectivity index (χ3n) is 1.95. The molecule has 0 aliphatic heterocycles. The second-order valence-electron chi connectivity index (χ2n) is 3.39. The highest BCUT2D eigenvalue weighted by atomic mass is 79.9. The van der Waals surface area contributed by atoms with Crippen LogP contribution >= 0.6 is 28.1 Å². The van der Waals surface area contributed by atoms with Gasteiger partial charge in [-0.1, -0.05) is 12.2 Å². The molecule has 1 atom stereocenters. The Labute approximate surface area is 109 Å². The van der Waals surface area contributed by atoms with Gasteiger partial charge in [0, 0.05) is 12.7 Å². The third-order valence-corrected chi connectivity index (χ3v) is 2.80. The first kappa shape index (κ1) is 13.4. The molecule has 0 heterocycles. The van der Waals surface area contributed by atoms with Crippen LogP contribution in [0.15, 0.2) is 22.7 Å². The molecular weight excluding hydrogens is 290 g/mol. The van der Waals surface area contributed by atoms with Crippen molar-refractivity contribution in [3.63, 3.8) is 0 Å². The van der Waals surface area contributed by atoms with Crippen molar-refractivity contribution in [2.75, 3.05) is 13.7 Å². The molecule has 1 unspecified atom stereocenters. The lowest BCUT2D eigenvalue weighted by Gasteiger charge is -2.15. The summed E-state index contributed by atoms with van der Waals surface area (Å²) in [5.74, 6) is 0.754. The fourth-order valence-electron chi connectivity index (χ4n) is 1.24. The Balaban J connectivity index is 2.79. The summed E-state index contributed by atoms with van der Waals surface area (Å²) in [4.78, 5) is 0.372. The van der Waals surface area contributed by atoms with Crippen LogP contribution < -0.4 is 10.5 Å². The van der Waals surface area contributed by atoms with E-state index in [1.165, 1.54) is 0 Å². The van der Waals surface area contributed by atoms with E-state index in [0.717, 1.165) is 15.8 Å². The predicted molar refractivity (Wildman–Crippen MR) is 72.0 cm³/mol. The van der Waals surface area contributed by atoms with E-state index < -0.39 is 0 Å². The quantitative estimate of drug-likeness (QED) is 0.849. The summed E-state index contributed by atoms with van der Waals surface area (Å²) in [5, 5.41) is 0. The van der Waals surface area contributed by atoms with Gasteiger partial charge in [0.05, 0.1) is 11.1 Å². The molecule has 0 aliphatic rings. The van der Waals surface area contributed by atoms with E-state index in [0.29, 0.717) is 11.6 Å². The van der Waals surface area contributed by atoms with Crippen molar-refractivity contribution >= 4 is 33.1 Å². The van der Waals surface area contributed by atoms with Crippen molar-refractivity contribution in [1.82, 2.24) is 0 Å². The molecule has 1 rings (SSSR count). The molecule has 5 heteroatoms. The van der Waals surface area contributed by atoms with E-state index in [-0.39, 0.29) is 6.10 Å². The van der Waals surface area contributed by atoms with E-state index in [1.807, 2.05) is 25.1 Å². The van der Waals surface area contributed by atoms with Gasteiger partial charge >= 0.3 is 0 Å². The summed E-state index contributed by atoms with van der Waals surface area (Å²) in [6, 6.07) is 5.52. The van der Waals surface area contributed by atoms with E-state index in [9.17, 15) is 0 Å². The molecular formula is C11H14BrNO2S. The second-order valence-corrected chi connectivity index (χ2v) is 4.69. The normalized spacial score (nSPS) is 12.2. The molecule has 0 amide bonds. The van der Waals surface area contributed by atoms with Crippen molar-refractivity contribution < 1.29 is 9.47 Å². The Hall–Kier alpha value is -0.650. The van der Waals surface area contributed by atoms with Crippen LogP contribution in [0.2, 0.25) is 0 Å². The first-order valence-electron chi connectivity index (χ1n) is 4.79. The molecule has 0 spiro atoms. The minimum atomic E-state index is -0.00280. The van der Waals surface area contributed by atoms with Gasteiger partial charge in [-0.25, -0.2) is 0 Å². The van der Waals surface area contributed by atoms with Crippen LogP contribution in [0, 0.1) is 0 Å². The zero-order chi connectivity index (χ0) is 12.1. The van der Waals surface area contributed by atoms with Crippen LogP contribution in [0.5, 0.6) is 5.75 Å². The molecule has 1 aromatic rings. The maximum absolute atomic E-state index is 5.66. The van der Waals surface area contributed by atoms with Crippen LogP contribution in [0.4, 0.5) is 0 Å². The van der Waals surface area contributed by atoms with Gasteiger partial charge < -0.3 is 15.2 Å². The van der Waals surface area contributed by atoms with Crippen LogP contribution in [-0.2, 0) is 4.74 Å². The standard InChI is InChI=1S/C11H14BrNO2S/c1-7(6-14-2)15-10-4-3-8(11(13)16)5-9(10)12/h3-5,7H,6H2,1-2H3,(H2,13,16). The maximum Gasteiger partial charge on any atom is 0.134 e. The van der Waals surface area contributed by atoms with Gasteiger partial charge in [0.15, 0.2) is 0 Å². The molecule has 0 saturated heterocycles. The maximum atomic E-state index is 5.66. The Kier molecular flexibility index (Phi) is 5.18. The lowest BCUT2D eigenvalue weighted by Crippen LogP contribution is -2.18. The molecule has 0 radical (unpaired) electrons. The predicted octanol–water partition coefficient (Wildman–Crippen LogP) is 2.50. The van der Waals surface area contributed by atoms with Gasteiger partial charge in [-0.3, -0.25) is 0 Å².